The minimum atomic E-state index is -0.318. The quantitative estimate of drug-likeness (QED) is 0.274. The molecule has 0 bridgehead atoms. The lowest BCUT2D eigenvalue weighted by molar-refractivity contribution is 0.0976. The molecule has 1 amide bonds. The van der Waals surface area contributed by atoms with Crippen LogP contribution in [0.5, 0.6) is 11.5 Å². The molecule has 3 rings (SSSR count). The number of benzene rings is 3. The highest BCUT2D eigenvalue weighted by atomic mass is 32.1. The maximum absolute atomic E-state index is 12.6. The van der Waals surface area contributed by atoms with E-state index < -0.39 is 0 Å². The molecule has 0 radical (unpaired) electrons. The first-order chi connectivity index (χ1) is 16.6. The Hall–Kier alpha value is -3.42. The number of anilines is 1. The molecule has 0 aliphatic heterocycles. The molecule has 0 spiro atoms. The predicted octanol–water partition coefficient (Wildman–Crippen LogP) is 5.24. The van der Waals surface area contributed by atoms with Crippen molar-refractivity contribution in [2.45, 2.75) is 19.8 Å². The van der Waals surface area contributed by atoms with Crippen LogP contribution in [0.3, 0.4) is 0 Å². The van der Waals surface area contributed by atoms with Crippen LogP contribution in [0.15, 0.2) is 78.9 Å². The third-order valence-electron chi connectivity index (χ3n) is 4.84. The van der Waals surface area contributed by atoms with E-state index in [1.165, 1.54) is 5.56 Å². The van der Waals surface area contributed by atoms with Gasteiger partial charge in [0.2, 0.25) is 0 Å². The first kappa shape index (κ1) is 25.2. The molecule has 0 aromatic heterocycles. The Morgan fingerprint density at radius 2 is 1.59 bits per heavy atom. The molecule has 3 aromatic rings. The minimum absolute atomic E-state index is 0.203. The van der Waals surface area contributed by atoms with Crippen LogP contribution in [-0.4, -0.2) is 37.4 Å². The Balaban J connectivity index is 1.45. The highest BCUT2D eigenvalue weighted by Gasteiger charge is 2.10. The number of amides is 1. The van der Waals surface area contributed by atoms with Crippen LogP contribution in [-0.2, 0) is 11.2 Å². The van der Waals surface area contributed by atoms with Crippen molar-refractivity contribution in [3.8, 4) is 11.5 Å². The van der Waals surface area contributed by atoms with Crippen LogP contribution in [0, 0.1) is 0 Å². The summed E-state index contributed by atoms with van der Waals surface area (Å²) in [4.78, 5) is 12.6. The summed E-state index contributed by atoms with van der Waals surface area (Å²) < 4.78 is 16.7. The highest BCUT2D eigenvalue weighted by molar-refractivity contribution is 7.80. The van der Waals surface area contributed by atoms with Crippen LogP contribution in [0.1, 0.15) is 29.3 Å². The van der Waals surface area contributed by atoms with E-state index in [-0.39, 0.29) is 11.0 Å². The van der Waals surface area contributed by atoms with Crippen molar-refractivity contribution in [3.05, 3.63) is 90.0 Å². The van der Waals surface area contributed by atoms with Crippen LogP contribution in [0.4, 0.5) is 5.69 Å². The normalized spacial score (nSPS) is 10.4. The first-order valence-corrected chi connectivity index (χ1v) is 11.7. The van der Waals surface area contributed by atoms with E-state index in [4.69, 9.17) is 26.4 Å². The van der Waals surface area contributed by atoms with Gasteiger partial charge in [0, 0.05) is 23.9 Å². The molecule has 6 nitrogen and oxygen atoms in total. The third kappa shape index (κ3) is 8.84. The van der Waals surface area contributed by atoms with E-state index >= 15 is 0 Å². The van der Waals surface area contributed by atoms with Gasteiger partial charge in [0.1, 0.15) is 18.1 Å². The summed E-state index contributed by atoms with van der Waals surface area (Å²) in [6.45, 7) is 4.10. The van der Waals surface area contributed by atoms with Crippen molar-refractivity contribution >= 4 is 28.9 Å². The summed E-state index contributed by atoms with van der Waals surface area (Å²) in [7, 11) is 0. The van der Waals surface area contributed by atoms with Crippen molar-refractivity contribution in [1.29, 1.82) is 0 Å². The fourth-order valence-corrected chi connectivity index (χ4v) is 3.41. The fourth-order valence-electron chi connectivity index (χ4n) is 3.20. The minimum Gasteiger partial charge on any atom is -0.494 e. The molecule has 7 heteroatoms. The molecule has 178 valence electrons. The smallest absolute Gasteiger partial charge is 0.257 e. The van der Waals surface area contributed by atoms with E-state index in [9.17, 15) is 4.79 Å². The monoisotopic (exact) mass is 478 g/mol. The topological polar surface area (TPSA) is 68.8 Å². The molecule has 0 atom stereocenters. The van der Waals surface area contributed by atoms with Gasteiger partial charge in [-0.15, -0.1) is 0 Å². The number of nitrogens with one attached hydrogen (secondary N) is 2. The number of thiocarbonyl (C=S) groups is 1. The first-order valence-electron chi connectivity index (χ1n) is 11.3. The lowest BCUT2D eigenvalue weighted by Crippen LogP contribution is -2.34. The Kier molecular flexibility index (Phi) is 10.4. The summed E-state index contributed by atoms with van der Waals surface area (Å²) in [5, 5.41) is 5.94. The number of hydrogen-bond donors (Lipinski definition) is 2. The Labute approximate surface area is 206 Å². The number of hydrogen-bond acceptors (Lipinski definition) is 5. The van der Waals surface area contributed by atoms with Gasteiger partial charge in [-0.05, 0) is 67.9 Å². The molecule has 34 heavy (non-hydrogen) atoms. The average molecular weight is 479 g/mol. The Morgan fingerprint density at radius 1 is 0.853 bits per heavy atom. The maximum atomic E-state index is 12.6. The van der Waals surface area contributed by atoms with Gasteiger partial charge in [-0.25, -0.2) is 0 Å². The number of rotatable bonds is 12. The van der Waals surface area contributed by atoms with Crippen LogP contribution in [0.2, 0.25) is 0 Å². The third-order valence-corrected chi connectivity index (χ3v) is 5.04. The van der Waals surface area contributed by atoms with Gasteiger partial charge in [-0.1, -0.05) is 42.5 Å². The van der Waals surface area contributed by atoms with E-state index in [2.05, 4.69) is 22.8 Å². The zero-order chi connectivity index (χ0) is 24.0. The molecular weight excluding hydrogens is 448 g/mol. The second-order valence-corrected chi connectivity index (χ2v) is 7.86. The van der Waals surface area contributed by atoms with E-state index in [0.717, 1.165) is 24.3 Å². The van der Waals surface area contributed by atoms with Gasteiger partial charge in [0.25, 0.3) is 5.91 Å². The molecule has 0 saturated heterocycles. The standard InChI is InChI=1S/C27H30N2O4S/c1-2-31-17-18-33-24-14-6-12-22(19-24)26(30)29-27(34)28-23-13-7-15-25(20-23)32-16-8-11-21-9-4-3-5-10-21/h3-7,9-10,12-15,19-20H,2,8,11,16-18H2,1H3,(H2,28,29,30,34). The lowest BCUT2D eigenvalue weighted by atomic mass is 10.1. The molecule has 0 unspecified atom stereocenters. The molecule has 3 aromatic carbocycles. The number of carbonyl (C=O) groups excluding carboxylic acids is 1. The predicted molar refractivity (Wildman–Crippen MR) is 139 cm³/mol. The van der Waals surface area contributed by atoms with Crippen molar-refractivity contribution in [3.63, 3.8) is 0 Å². The van der Waals surface area contributed by atoms with E-state index in [0.29, 0.717) is 37.7 Å². The summed E-state index contributed by atoms with van der Waals surface area (Å²) in [6.07, 6.45) is 1.89. The SMILES string of the molecule is CCOCCOc1cccc(C(=O)NC(=S)Nc2cccc(OCCCc3ccccc3)c2)c1. The molecule has 0 aliphatic carbocycles. The fraction of sp³-hybridized carbons (Fsp3) is 0.259. The molecule has 0 heterocycles. The maximum Gasteiger partial charge on any atom is 0.257 e. The van der Waals surface area contributed by atoms with Crippen molar-refractivity contribution in [2.24, 2.45) is 0 Å². The molecule has 2 N–H and O–H groups in total. The largest absolute Gasteiger partial charge is 0.494 e. The van der Waals surface area contributed by atoms with E-state index in [1.54, 1.807) is 24.3 Å². The van der Waals surface area contributed by atoms with Crippen molar-refractivity contribution < 1.29 is 19.0 Å². The second kappa shape index (κ2) is 14.0. The van der Waals surface area contributed by atoms with E-state index in [1.807, 2.05) is 49.4 Å². The molecule has 0 saturated carbocycles. The van der Waals surface area contributed by atoms with Crippen LogP contribution < -0.4 is 20.1 Å². The zero-order valence-electron chi connectivity index (χ0n) is 19.3. The Bertz CT molecular complexity index is 1060. The lowest BCUT2D eigenvalue weighted by Gasteiger charge is -2.12. The zero-order valence-corrected chi connectivity index (χ0v) is 20.1. The molecular formula is C27H30N2O4S. The summed E-state index contributed by atoms with van der Waals surface area (Å²) in [5.74, 6) is 1.02. The second-order valence-electron chi connectivity index (χ2n) is 7.45. The highest BCUT2D eigenvalue weighted by Crippen LogP contribution is 2.18. The molecule has 0 aliphatic rings. The summed E-state index contributed by atoms with van der Waals surface area (Å²) >= 11 is 5.32. The van der Waals surface area contributed by atoms with Crippen molar-refractivity contribution in [1.82, 2.24) is 5.32 Å². The molecule has 0 fully saturated rings. The summed E-state index contributed by atoms with van der Waals surface area (Å²) in [6, 6.07) is 24.8. The number of carbonyl (C=O) groups is 1. The van der Waals surface area contributed by atoms with Gasteiger partial charge in [0.05, 0.1) is 13.2 Å². The number of ether oxygens (including phenoxy) is 3. The van der Waals surface area contributed by atoms with Gasteiger partial charge in [-0.3, -0.25) is 10.1 Å². The van der Waals surface area contributed by atoms with Crippen molar-refractivity contribution in [2.75, 3.05) is 31.7 Å². The van der Waals surface area contributed by atoms with Gasteiger partial charge < -0.3 is 19.5 Å². The average Bonchev–Trinajstić information content (AvgIpc) is 2.85. The Morgan fingerprint density at radius 3 is 2.38 bits per heavy atom. The van der Waals surface area contributed by atoms with Gasteiger partial charge in [0.15, 0.2) is 5.11 Å². The van der Waals surface area contributed by atoms with Crippen LogP contribution >= 0.6 is 12.2 Å². The van der Waals surface area contributed by atoms with Crippen LogP contribution in [0.25, 0.3) is 0 Å². The van der Waals surface area contributed by atoms with Gasteiger partial charge in [-0.2, -0.15) is 0 Å². The number of aryl methyl sites for hydroxylation is 1. The summed E-state index contributed by atoms with van der Waals surface area (Å²) in [5.41, 5.74) is 2.48. The van der Waals surface area contributed by atoms with Gasteiger partial charge >= 0.3 is 0 Å².